The van der Waals surface area contributed by atoms with Gasteiger partial charge in [-0.05, 0) is 17.9 Å². The molecule has 0 spiro atoms. The van der Waals surface area contributed by atoms with Crippen molar-refractivity contribution >= 4 is 5.97 Å². The molecule has 0 saturated heterocycles. The smallest absolute Gasteiger partial charge is 0.327 e. The van der Waals surface area contributed by atoms with Crippen molar-refractivity contribution in [2.75, 3.05) is 0 Å². The first kappa shape index (κ1) is 12.5. The third-order valence-electron chi connectivity index (χ3n) is 2.77. The topological polar surface area (TPSA) is 37.3 Å². The van der Waals surface area contributed by atoms with E-state index in [4.69, 9.17) is 5.11 Å². The van der Waals surface area contributed by atoms with Crippen molar-refractivity contribution in [1.29, 1.82) is 0 Å². The summed E-state index contributed by atoms with van der Waals surface area (Å²) >= 11 is 0. The minimum atomic E-state index is -0.981. The molecule has 2 rings (SSSR count). The monoisotopic (exact) mass is 218 g/mol. The van der Waals surface area contributed by atoms with Crippen LogP contribution in [0.4, 0.5) is 0 Å². The largest absolute Gasteiger partial charge is 0.478 e. The molecular formula is C14H18O2. The lowest BCUT2D eigenvalue weighted by molar-refractivity contribution is -0.131. The van der Waals surface area contributed by atoms with Gasteiger partial charge in [-0.1, -0.05) is 56.2 Å². The third kappa shape index (κ3) is 4.78. The molecule has 0 atom stereocenters. The molecule has 2 heteroatoms. The fourth-order valence-electron chi connectivity index (χ4n) is 1.64. The molecule has 1 aliphatic rings. The molecular weight excluding hydrogens is 200 g/mol. The normalized spacial score (nSPS) is 14.2. The maximum atomic E-state index is 9.25. The van der Waals surface area contributed by atoms with Gasteiger partial charge in [0.05, 0.1) is 0 Å². The van der Waals surface area contributed by atoms with Gasteiger partial charge in [0.25, 0.3) is 0 Å². The molecule has 2 nitrogen and oxygen atoms in total. The quantitative estimate of drug-likeness (QED) is 0.790. The minimum absolute atomic E-state index is 0.833. The summed E-state index contributed by atoms with van der Waals surface area (Å²) in [4.78, 5) is 9.25. The van der Waals surface area contributed by atoms with E-state index in [-0.39, 0.29) is 0 Å². The van der Waals surface area contributed by atoms with Crippen molar-refractivity contribution < 1.29 is 9.90 Å². The highest BCUT2D eigenvalue weighted by atomic mass is 16.4. The average Bonchev–Trinajstić information content (AvgIpc) is 2.26. The highest BCUT2D eigenvalue weighted by molar-refractivity contribution is 5.78. The van der Waals surface area contributed by atoms with Gasteiger partial charge >= 0.3 is 5.97 Å². The van der Waals surface area contributed by atoms with E-state index < -0.39 is 5.97 Å². The average molecular weight is 218 g/mol. The Kier molecular flexibility index (Phi) is 5.34. The van der Waals surface area contributed by atoms with Crippen LogP contribution in [0, 0.1) is 5.92 Å². The van der Waals surface area contributed by atoms with Gasteiger partial charge in [-0.3, -0.25) is 0 Å². The molecule has 1 aliphatic carbocycles. The van der Waals surface area contributed by atoms with E-state index in [2.05, 4.69) is 36.9 Å². The lowest BCUT2D eigenvalue weighted by atomic mass is 9.81. The molecule has 16 heavy (non-hydrogen) atoms. The summed E-state index contributed by atoms with van der Waals surface area (Å²) in [6.45, 7) is 2.96. The molecule has 1 fully saturated rings. The van der Waals surface area contributed by atoms with Crippen LogP contribution in [0.1, 0.15) is 24.8 Å². The summed E-state index contributed by atoms with van der Waals surface area (Å²) in [6, 6.07) is 10.8. The number of hydrogen-bond acceptors (Lipinski definition) is 1. The Hall–Kier alpha value is -1.57. The Morgan fingerprint density at radius 3 is 2.31 bits per heavy atom. The highest BCUT2D eigenvalue weighted by Gasteiger charge is 2.16. The molecule has 0 unspecified atom stereocenters. The van der Waals surface area contributed by atoms with E-state index in [9.17, 15) is 4.79 Å². The number of carboxylic acids is 1. The number of rotatable bonds is 3. The van der Waals surface area contributed by atoms with Crippen molar-refractivity contribution in [1.82, 2.24) is 0 Å². The second-order valence-corrected chi connectivity index (χ2v) is 4.03. The third-order valence-corrected chi connectivity index (χ3v) is 2.77. The van der Waals surface area contributed by atoms with Gasteiger partial charge < -0.3 is 5.11 Å². The zero-order valence-corrected chi connectivity index (χ0v) is 9.43. The molecule has 1 aromatic carbocycles. The molecule has 0 aliphatic heterocycles. The molecule has 0 aromatic heterocycles. The molecule has 0 heterocycles. The van der Waals surface area contributed by atoms with Crippen molar-refractivity contribution in [2.45, 2.75) is 25.7 Å². The number of carboxylic acid groups (broad SMARTS) is 1. The van der Waals surface area contributed by atoms with Crippen LogP contribution in [0.3, 0.4) is 0 Å². The molecule has 1 saturated carbocycles. The van der Waals surface area contributed by atoms with E-state index >= 15 is 0 Å². The van der Waals surface area contributed by atoms with E-state index in [1.54, 1.807) is 0 Å². The van der Waals surface area contributed by atoms with Crippen LogP contribution in [0.2, 0.25) is 0 Å². The van der Waals surface area contributed by atoms with Crippen LogP contribution in [-0.4, -0.2) is 11.1 Å². The van der Waals surface area contributed by atoms with Crippen molar-refractivity contribution in [3.8, 4) is 0 Å². The van der Waals surface area contributed by atoms with E-state index in [1.165, 1.54) is 31.2 Å². The van der Waals surface area contributed by atoms with Crippen LogP contribution >= 0.6 is 0 Å². The number of benzene rings is 1. The van der Waals surface area contributed by atoms with Crippen molar-refractivity contribution in [3.63, 3.8) is 0 Å². The zero-order chi connectivity index (χ0) is 11.8. The molecule has 1 N–H and O–H groups in total. The summed E-state index contributed by atoms with van der Waals surface area (Å²) in [5.41, 5.74) is 1.51. The Balaban J connectivity index is 0.000000221. The van der Waals surface area contributed by atoms with Crippen molar-refractivity contribution in [3.05, 3.63) is 48.6 Å². The highest BCUT2D eigenvalue weighted by Crippen LogP contribution is 2.29. The summed E-state index contributed by atoms with van der Waals surface area (Å²) < 4.78 is 0. The van der Waals surface area contributed by atoms with Gasteiger partial charge in [0.15, 0.2) is 0 Å². The number of hydrogen-bond donors (Lipinski definition) is 1. The Morgan fingerprint density at radius 2 is 1.94 bits per heavy atom. The summed E-state index contributed by atoms with van der Waals surface area (Å²) in [6.07, 6.45) is 6.50. The second kappa shape index (κ2) is 6.83. The molecule has 1 aromatic rings. The van der Waals surface area contributed by atoms with Gasteiger partial charge in [-0.15, -0.1) is 0 Å². The van der Waals surface area contributed by atoms with E-state index in [0.29, 0.717) is 0 Å². The number of carbonyl (C=O) groups is 1. The van der Waals surface area contributed by atoms with Gasteiger partial charge in [-0.25, -0.2) is 4.79 Å². The summed E-state index contributed by atoms with van der Waals surface area (Å²) in [5, 5.41) is 7.60. The summed E-state index contributed by atoms with van der Waals surface area (Å²) in [7, 11) is 0. The zero-order valence-electron chi connectivity index (χ0n) is 9.43. The van der Waals surface area contributed by atoms with Crippen LogP contribution in [0.25, 0.3) is 0 Å². The fraction of sp³-hybridized carbons (Fsp3) is 0.357. The maximum Gasteiger partial charge on any atom is 0.327 e. The van der Waals surface area contributed by atoms with E-state index in [1.807, 2.05) is 0 Å². The molecule has 86 valence electrons. The molecule has 0 amide bonds. The molecule has 0 bridgehead atoms. The van der Waals surface area contributed by atoms with Crippen LogP contribution < -0.4 is 0 Å². The fourth-order valence-corrected chi connectivity index (χ4v) is 1.64. The SMILES string of the molecule is C=CC(=O)O.c1ccc(CC2CCC2)cc1. The van der Waals surface area contributed by atoms with Gasteiger partial charge in [0.1, 0.15) is 0 Å². The van der Waals surface area contributed by atoms with Crippen LogP contribution in [-0.2, 0) is 11.2 Å². The first-order valence-electron chi connectivity index (χ1n) is 5.61. The van der Waals surface area contributed by atoms with Crippen LogP contribution in [0.5, 0.6) is 0 Å². The first-order valence-corrected chi connectivity index (χ1v) is 5.61. The first-order chi connectivity index (χ1) is 7.72. The van der Waals surface area contributed by atoms with Gasteiger partial charge in [-0.2, -0.15) is 0 Å². The predicted octanol–water partition coefficient (Wildman–Crippen LogP) is 3.29. The van der Waals surface area contributed by atoms with Crippen molar-refractivity contribution in [2.24, 2.45) is 5.92 Å². The van der Waals surface area contributed by atoms with E-state index in [0.717, 1.165) is 12.0 Å². The lowest BCUT2D eigenvalue weighted by Gasteiger charge is -2.25. The minimum Gasteiger partial charge on any atom is -0.478 e. The predicted molar refractivity (Wildman–Crippen MR) is 65.3 cm³/mol. The molecule has 0 radical (unpaired) electrons. The van der Waals surface area contributed by atoms with Gasteiger partial charge in [0, 0.05) is 6.08 Å². The standard InChI is InChI=1S/C11H14.C3H4O2/c1-2-5-10(6-3-1)9-11-7-4-8-11;1-2-3(4)5/h1-3,5-6,11H,4,7-9H2;2H,1H2,(H,4,5). The lowest BCUT2D eigenvalue weighted by Crippen LogP contribution is -2.13. The number of aliphatic carboxylic acids is 1. The van der Waals surface area contributed by atoms with Crippen LogP contribution in [0.15, 0.2) is 43.0 Å². The Labute approximate surface area is 96.6 Å². The van der Waals surface area contributed by atoms with Gasteiger partial charge in [0.2, 0.25) is 0 Å². The Morgan fingerprint density at radius 1 is 1.38 bits per heavy atom. The maximum absolute atomic E-state index is 9.25. The Bertz CT molecular complexity index is 326. The summed E-state index contributed by atoms with van der Waals surface area (Å²) in [5.74, 6) is 0.0161. The second-order valence-electron chi connectivity index (χ2n) is 4.03.